The molecule has 0 unspecified atom stereocenters. The zero-order chi connectivity index (χ0) is 8.97. The van der Waals surface area contributed by atoms with Crippen LogP contribution < -0.4 is 0 Å². The van der Waals surface area contributed by atoms with Crippen LogP contribution >= 0.6 is 11.3 Å². The van der Waals surface area contributed by atoms with Gasteiger partial charge in [0.25, 0.3) is 0 Å². The lowest BCUT2D eigenvalue weighted by Crippen LogP contribution is -2.18. The summed E-state index contributed by atoms with van der Waals surface area (Å²) in [7, 11) is 3.47. The topological polar surface area (TPSA) is 20.3 Å². The zero-order valence-electron chi connectivity index (χ0n) is 7.15. The van der Waals surface area contributed by atoms with Gasteiger partial charge in [0.1, 0.15) is 0 Å². The lowest BCUT2D eigenvalue weighted by Gasteiger charge is -2.04. The summed E-state index contributed by atoms with van der Waals surface area (Å²) in [5.41, 5.74) is 1.08. The minimum absolute atomic E-state index is 0.0150. The minimum atomic E-state index is 0.0150. The van der Waals surface area contributed by atoms with Crippen LogP contribution in [-0.4, -0.2) is 24.9 Å². The smallest absolute Gasteiger partial charge is 0.246 e. The fraction of sp³-hybridized carbons (Fsp3) is 0.222. The number of amides is 1. The maximum atomic E-state index is 11.1. The van der Waals surface area contributed by atoms with Crippen molar-refractivity contribution in [3.8, 4) is 0 Å². The number of likely N-dealkylation sites (N-methyl/N-ethyl adjacent to an activating group) is 1. The van der Waals surface area contributed by atoms with E-state index >= 15 is 0 Å². The van der Waals surface area contributed by atoms with Crippen molar-refractivity contribution in [2.45, 2.75) is 0 Å². The second-order valence-corrected chi connectivity index (χ2v) is 3.40. The average molecular weight is 181 g/mol. The molecule has 0 aliphatic carbocycles. The van der Waals surface area contributed by atoms with Crippen molar-refractivity contribution in [1.29, 1.82) is 0 Å². The van der Waals surface area contributed by atoms with E-state index in [2.05, 4.69) is 0 Å². The molecule has 3 heteroatoms. The van der Waals surface area contributed by atoms with Crippen molar-refractivity contribution >= 4 is 23.3 Å². The Labute approximate surface area is 76.1 Å². The second kappa shape index (κ2) is 4.07. The first-order valence-corrected chi connectivity index (χ1v) is 4.56. The van der Waals surface area contributed by atoms with E-state index in [0.717, 1.165) is 5.56 Å². The lowest BCUT2D eigenvalue weighted by atomic mass is 10.3. The standard InChI is InChI=1S/C9H11NOS/c1-10(2)9(11)4-3-8-5-6-12-7-8/h3-7H,1-2H3/b4-3+. The van der Waals surface area contributed by atoms with Gasteiger partial charge in [0.15, 0.2) is 0 Å². The summed E-state index contributed by atoms with van der Waals surface area (Å²) in [6, 6.07) is 1.98. The Hall–Kier alpha value is -1.09. The Morgan fingerprint density at radius 3 is 2.83 bits per heavy atom. The lowest BCUT2D eigenvalue weighted by molar-refractivity contribution is -0.123. The Bertz CT molecular complexity index is 275. The van der Waals surface area contributed by atoms with E-state index in [1.807, 2.05) is 22.9 Å². The number of nitrogens with zero attached hydrogens (tertiary/aromatic N) is 1. The van der Waals surface area contributed by atoms with Gasteiger partial charge in [-0.05, 0) is 28.5 Å². The summed E-state index contributed by atoms with van der Waals surface area (Å²) in [6.07, 6.45) is 3.39. The Morgan fingerprint density at radius 2 is 2.33 bits per heavy atom. The molecule has 0 N–H and O–H groups in total. The minimum Gasteiger partial charge on any atom is -0.345 e. The van der Waals surface area contributed by atoms with E-state index in [9.17, 15) is 4.79 Å². The SMILES string of the molecule is CN(C)C(=O)/C=C/c1ccsc1. The molecule has 0 atom stereocenters. The fourth-order valence-corrected chi connectivity index (χ4v) is 1.31. The monoisotopic (exact) mass is 181 g/mol. The molecule has 1 aromatic rings. The van der Waals surface area contributed by atoms with Crippen LogP contribution in [0.2, 0.25) is 0 Å². The highest BCUT2D eigenvalue weighted by Crippen LogP contribution is 2.07. The van der Waals surface area contributed by atoms with Gasteiger partial charge in [-0.2, -0.15) is 11.3 Å². The molecule has 0 aromatic carbocycles. The number of carbonyl (C=O) groups is 1. The molecule has 0 saturated carbocycles. The van der Waals surface area contributed by atoms with Gasteiger partial charge in [0, 0.05) is 20.2 Å². The highest BCUT2D eigenvalue weighted by atomic mass is 32.1. The maximum Gasteiger partial charge on any atom is 0.246 e. The van der Waals surface area contributed by atoms with Crippen LogP contribution in [0.15, 0.2) is 22.9 Å². The third-order valence-electron chi connectivity index (χ3n) is 1.40. The first-order valence-electron chi connectivity index (χ1n) is 3.61. The summed E-state index contributed by atoms with van der Waals surface area (Å²) < 4.78 is 0. The number of hydrogen-bond donors (Lipinski definition) is 0. The summed E-state index contributed by atoms with van der Waals surface area (Å²) in [6.45, 7) is 0. The van der Waals surface area contributed by atoms with E-state index in [1.165, 1.54) is 0 Å². The summed E-state index contributed by atoms with van der Waals surface area (Å²) in [4.78, 5) is 12.6. The quantitative estimate of drug-likeness (QED) is 0.638. The molecule has 0 saturated heterocycles. The summed E-state index contributed by atoms with van der Waals surface area (Å²) in [5.74, 6) is 0.0150. The van der Waals surface area contributed by atoms with Crippen molar-refractivity contribution < 1.29 is 4.79 Å². The summed E-state index contributed by atoms with van der Waals surface area (Å²) >= 11 is 1.62. The molecule has 0 aliphatic rings. The Balaban J connectivity index is 2.57. The first-order chi connectivity index (χ1) is 5.70. The molecule has 1 amide bonds. The van der Waals surface area contributed by atoms with Crippen LogP contribution in [-0.2, 0) is 4.79 Å². The van der Waals surface area contributed by atoms with Crippen LogP contribution in [0, 0.1) is 0 Å². The summed E-state index contributed by atoms with van der Waals surface area (Å²) in [5, 5.41) is 3.99. The molecule has 2 nitrogen and oxygen atoms in total. The molecule has 0 bridgehead atoms. The van der Waals surface area contributed by atoms with Gasteiger partial charge in [0.05, 0.1) is 0 Å². The van der Waals surface area contributed by atoms with E-state index in [-0.39, 0.29) is 5.91 Å². The number of rotatable bonds is 2. The predicted octanol–water partition coefficient (Wildman–Crippen LogP) is 1.85. The van der Waals surface area contributed by atoms with E-state index in [0.29, 0.717) is 0 Å². The largest absolute Gasteiger partial charge is 0.345 e. The van der Waals surface area contributed by atoms with E-state index < -0.39 is 0 Å². The van der Waals surface area contributed by atoms with Gasteiger partial charge in [-0.15, -0.1) is 0 Å². The first kappa shape index (κ1) is 9.00. The van der Waals surface area contributed by atoms with E-state index in [1.54, 1.807) is 36.4 Å². The average Bonchev–Trinajstić information content (AvgIpc) is 2.51. The normalized spacial score (nSPS) is 10.5. The van der Waals surface area contributed by atoms with Crippen LogP contribution in [0.25, 0.3) is 6.08 Å². The molecule has 1 heterocycles. The van der Waals surface area contributed by atoms with Gasteiger partial charge in [-0.25, -0.2) is 0 Å². The Kier molecular flexibility index (Phi) is 3.05. The third kappa shape index (κ3) is 2.51. The fourth-order valence-electron chi connectivity index (χ4n) is 0.686. The second-order valence-electron chi connectivity index (χ2n) is 2.62. The van der Waals surface area contributed by atoms with Crippen molar-refractivity contribution in [3.05, 3.63) is 28.5 Å². The highest BCUT2D eigenvalue weighted by Gasteiger charge is 1.96. The molecule has 1 rings (SSSR count). The van der Waals surface area contributed by atoms with Crippen LogP contribution in [0.5, 0.6) is 0 Å². The number of hydrogen-bond acceptors (Lipinski definition) is 2. The van der Waals surface area contributed by atoms with Crippen LogP contribution in [0.3, 0.4) is 0 Å². The molecule has 0 aliphatic heterocycles. The third-order valence-corrected chi connectivity index (χ3v) is 2.10. The molecular formula is C9H11NOS. The molecule has 0 fully saturated rings. The van der Waals surface area contributed by atoms with Crippen molar-refractivity contribution in [2.75, 3.05) is 14.1 Å². The van der Waals surface area contributed by atoms with Gasteiger partial charge >= 0.3 is 0 Å². The molecular weight excluding hydrogens is 170 g/mol. The van der Waals surface area contributed by atoms with Gasteiger partial charge in [-0.3, -0.25) is 4.79 Å². The van der Waals surface area contributed by atoms with Crippen molar-refractivity contribution in [1.82, 2.24) is 4.90 Å². The molecule has 12 heavy (non-hydrogen) atoms. The number of carbonyl (C=O) groups excluding carboxylic acids is 1. The highest BCUT2D eigenvalue weighted by molar-refractivity contribution is 7.08. The van der Waals surface area contributed by atoms with Crippen molar-refractivity contribution in [3.63, 3.8) is 0 Å². The maximum absolute atomic E-state index is 11.1. The zero-order valence-corrected chi connectivity index (χ0v) is 7.97. The van der Waals surface area contributed by atoms with Gasteiger partial charge in [-0.1, -0.05) is 0 Å². The molecule has 1 aromatic heterocycles. The number of thiophene rings is 1. The molecule has 0 radical (unpaired) electrons. The van der Waals surface area contributed by atoms with Gasteiger partial charge in [0.2, 0.25) is 5.91 Å². The van der Waals surface area contributed by atoms with Crippen LogP contribution in [0.4, 0.5) is 0 Å². The van der Waals surface area contributed by atoms with Crippen molar-refractivity contribution in [2.24, 2.45) is 0 Å². The van der Waals surface area contributed by atoms with E-state index in [4.69, 9.17) is 0 Å². The molecule has 0 spiro atoms. The predicted molar refractivity (Wildman–Crippen MR) is 52.0 cm³/mol. The van der Waals surface area contributed by atoms with Crippen LogP contribution in [0.1, 0.15) is 5.56 Å². The Morgan fingerprint density at radius 1 is 1.58 bits per heavy atom. The molecule has 64 valence electrons. The van der Waals surface area contributed by atoms with Gasteiger partial charge < -0.3 is 4.90 Å².